The molecule has 0 radical (unpaired) electrons. The molecule has 1 atom stereocenters. The van der Waals surface area contributed by atoms with Gasteiger partial charge < -0.3 is 9.45 Å². The summed E-state index contributed by atoms with van der Waals surface area (Å²) < 4.78 is 12.4. The molecule has 0 fully saturated rings. The molecule has 24 heavy (non-hydrogen) atoms. The van der Waals surface area contributed by atoms with Gasteiger partial charge in [-0.05, 0) is 36.3 Å². The zero-order valence-electron chi connectivity index (χ0n) is 13.3. The molecule has 0 bridgehead atoms. The third-order valence-corrected chi connectivity index (χ3v) is 5.72. The van der Waals surface area contributed by atoms with Crippen molar-refractivity contribution in [2.75, 3.05) is 17.2 Å². The zero-order valence-corrected chi connectivity index (χ0v) is 14.1. The average molecular weight is 339 g/mol. The van der Waals surface area contributed by atoms with Crippen LogP contribution >= 0.6 is 0 Å². The van der Waals surface area contributed by atoms with Crippen molar-refractivity contribution in [3.8, 4) is 0 Å². The van der Waals surface area contributed by atoms with Crippen LogP contribution in [0.3, 0.4) is 0 Å². The Balaban J connectivity index is 1.78. The summed E-state index contributed by atoms with van der Waals surface area (Å²) in [4.78, 5) is 22.8. The van der Waals surface area contributed by atoms with Crippen LogP contribution < -0.4 is 10.5 Å². The molecule has 6 heteroatoms. The predicted molar refractivity (Wildman–Crippen MR) is 95.9 cm³/mol. The van der Waals surface area contributed by atoms with Gasteiger partial charge in [0.25, 0.3) is 5.56 Å². The molecule has 0 amide bonds. The van der Waals surface area contributed by atoms with Gasteiger partial charge in [0, 0.05) is 5.56 Å². The normalized spacial score (nSPS) is 17.6. The minimum Gasteiger partial charge on any atom is -0.611 e. The lowest BCUT2D eigenvalue weighted by molar-refractivity contribution is 0.595. The first-order valence-electron chi connectivity index (χ1n) is 7.84. The van der Waals surface area contributed by atoms with E-state index in [2.05, 4.69) is 9.97 Å². The van der Waals surface area contributed by atoms with Crippen LogP contribution in [0.1, 0.15) is 11.1 Å². The molecule has 2 aromatic carbocycles. The number of fused-ring (bicyclic) bond motifs is 2. The third kappa shape index (κ3) is 2.68. The van der Waals surface area contributed by atoms with E-state index < -0.39 is 11.2 Å². The fourth-order valence-corrected chi connectivity index (χ4v) is 4.28. The number of aromatic nitrogens is 2. The van der Waals surface area contributed by atoms with Crippen LogP contribution in [-0.4, -0.2) is 26.8 Å². The highest BCUT2D eigenvalue weighted by Crippen LogP contribution is 2.24. The predicted octanol–water partition coefficient (Wildman–Crippen LogP) is 2.36. The Bertz CT molecular complexity index is 970. The fraction of sp³-hybridized carbons (Fsp3) is 0.222. The first-order valence-corrected chi connectivity index (χ1v) is 9.15. The van der Waals surface area contributed by atoms with Gasteiger partial charge in [0.1, 0.15) is 5.75 Å². The van der Waals surface area contributed by atoms with Gasteiger partial charge in [-0.3, -0.25) is 9.78 Å². The summed E-state index contributed by atoms with van der Waals surface area (Å²) in [5.41, 5.74) is 2.58. The number of anilines is 1. The number of hydrogen-bond acceptors (Lipinski definition) is 4. The summed E-state index contributed by atoms with van der Waals surface area (Å²) in [6.07, 6.45) is 0. The Labute approximate surface area is 142 Å². The molecule has 0 saturated carbocycles. The molecule has 5 nitrogen and oxygen atoms in total. The van der Waals surface area contributed by atoms with E-state index in [0.29, 0.717) is 35.7 Å². The number of H-pyrrole nitrogens is 1. The highest BCUT2D eigenvalue weighted by Gasteiger charge is 2.25. The molecule has 0 spiro atoms. The quantitative estimate of drug-likeness (QED) is 0.691. The Morgan fingerprint density at radius 1 is 1.25 bits per heavy atom. The van der Waals surface area contributed by atoms with Gasteiger partial charge >= 0.3 is 0 Å². The molecule has 122 valence electrons. The maximum atomic E-state index is 12.4. The maximum absolute atomic E-state index is 12.4. The Kier molecular flexibility index (Phi) is 3.78. The zero-order chi connectivity index (χ0) is 16.7. The second kappa shape index (κ2) is 5.96. The topological polar surface area (TPSA) is 72.0 Å². The van der Waals surface area contributed by atoms with E-state index in [0.717, 1.165) is 16.0 Å². The first-order chi connectivity index (χ1) is 11.6. The molecule has 1 unspecified atom stereocenters. The number of hydrogen-bond donors (Lipinski definition) is 1. The van der Waals surface area contributed by atoms with E-state index in [1.807, 2.05) is 54.3 Å². The molecule has 1 N–H and O–H groups in total. The van der Waals surface area contributed by atoms with Crippen LogP contribution in [-0.2, 0) is 17.7 Å². The van der Waals surface area contributed by atoms with E-state index >= 15 is 0 Å². The van der Waals surface area contributed by atoms with E-state index in [-0.39, 0.29) is 5.56 Å². The van der Waals surface area contributed by atoms with Crippen molar-refractivity contribution in [3.63, 3.8) is 0 Å². The van der Waals surface area contributed by atoms with E-state index in [9.17, 15) is 9.35 Å². The van der Waals surface area contributed by atoms with E-state index in [1.165, 1.54) is 0 Å². The second-order valence-electron chi connectivity index (χ2n) is 5.99. The minimum atomic E-state index is -1.02. The van der Waals surface area contributed by atoms with E-state index in [4.69, 9.17) is 0 Å². The van der Waals surface area contributed by atoms with Crippen molar-refractivity contribution in [1.29, 1.82) is 0 Å². The van der Waals surface area contributed by atoms with Crippen molar-refractivity contribution in [3.05, 3.63) is 63.9 Å². The van der Waals surface area contributed by atoms with Crippen molar-refractivity contribution >= 4 is 28.0 Å². The van der Waals surface area contributed by atoms with Gasteiger partial charge in [-0.2, -0.15) is 0 Å². The number of nitrogens with one attached hydrogen (secondary N) is 1. The van der Waals surface area contributed by atoms with Gasteiger partial charge in [-0.25, -0.2) is 4.98 Å². The summed E-state index contributed by atoms with van der Waals surface area (Å²) in [5, 5.41) is 0.595. The fourth-order valence-electron chi connectivity index (χ4n) is 3.02. The molecule has 0 saturated heterocycles. The van der Waals surface area contributed by atoms with Gasteiger partial charge in [-0.1, -0.05) is 29.8 Å². The summed E-state index contributed by atoms with van der Waals surface area (Å²) in [7, 11) is 0. The van der Waals surface area contributed by atoms with Gasteiger partial charge in [0.15, 0.2) is 4.90 Å². The standard InChI is InChI=1S/C18H17N3O2S/c1-12-6-7-15-14(10-12)17(22)20-18(19-15)21-8-9-24(23)16-5-3-2-4-13(16)11-21/h2-7,10H,8-9,11H2,1H3,(H,19,20,22). The average Bonchev–Trinajstić information content (AvgIpc) is 2.75. The van der Waals surface area contributed by atoms with Crippen LogP contribution in [0.25, 0.3) is 10.9 Å². The summed E-state index contributed by atoms with van der Waals surface area (Å²) >= 11 is -1.02. The van der Waals surface area contributed by atoms with Gasteiger partial charge in [-0.15, -0.1) is 0 Å². The lowest BCUT2D eigenvalue weighted by atomic mass is 10.2. The monoisotopic (exact) mass is 339 g/mol. The van der Waals surface area contributed by atoms with Crippen LogP contribution in [0.5, 0.6) is 0 Å². The molecule has 3 aromatic rings. The van der Waals surface area contributed by atoms with E-state index in [1.54, 1.807) is 0 Å². The highest BCUT2D eigenvalue weighted by atomic mass is 32.2. The van der Waals surface area contributed by atoms with Crippen LogP contribution in [0.4, 0.5) is 5.95 Å². The molecule has 1 aromatic heterocycles. The van der Waals surface area contributed by atoms with Crippen LogP contribution in [0.15, 0.2) is 52.2 Å². The second-order valence-corrected chi connectivity index (χ2v) is 7.53. The Hall–Kier alpha value is -2.31. The molecule has 1 aliphatic rings. The number of rotatable bonds is 1. The number of aromatic amines is 1. The molecule has 1 aliphatic heterocycles. The number of aryl methyl sites for hydroxylation is 1. The third-order valence-electron chi connectivity index (χ3n) is 4.27. The minimum absolute atomic E-state index is 0.141. The highest BCUT2D eigenvalue weighted by molar-refractivity contribution is 7.91. The van der Waals surface area contributed by atoms with Gasteiger partial charge in [0.05, 0.1) is 24.0 Å². The largest absolute Gasteiger partial charge is 0.611 e. The summed E-state index contributed by atoms with van der Waals surface area (Å²) in [6.45, 7) is 3.12. The Morgan fingerprint density at radius 3 is 2.96 bits per heavy atom. The molecule has 4 rings (SSSR count). The van der Waals surface area contributed by atoms with Crippen molar-refractivity contribution in [2.45, 2.75) is 18.4 Å². The number of nitrogens with zero attached hydrogens (tertiary/aromatic N) is 2. The van der Waals surface area contributed by atoms with Crippen molar-refractivity contribution in [2.24, 2.45) is 0 Å². The maximum Gasteiger partial charge on any atom is 0.260 e. The summed E-state index contributed by atoms with van der Waals surface area (Å²) in [6, 6.07) is 13.4. The first kappa shape index (κ1) is 15.2. The lowest BCUT2D eigenvalue weighted by Crippen LogP contribution is -2.29. The SMILES string of the molecule is Cc1ccc2nc(N3CC[S+]([O-])c4ccccc4C3)[nH]c(=O)c2c1. The van der Waals surface area contributed by atoms with Crippen molar-refractivity contribution < 1.29 is 4.55 Å². The molecular formula is C18H17N3O2S. The molecular weight excluding hydrogens is 322 g/mol. The van der Waals surface area contributed by atoms with Crippen LogP contribution in [0.2, 0.25) is 0 Å². The summed E-state index contributed by atoms with van der Waals surface area (Å²) in [5.74, 6) is 1.05. The smallest absolute Gasteiger partial charge is 0.260 e. The molecule has 2 heterocycles. The van der Waals surface area contributed by atoms with Crippen molar-refractivity contribution in [1.82, 2.24) is 9.97 Å². The van der Waals surface area contributed by atoms with Crippen LogP contribution in [0, 0.1) is 6.92 Å². The van der Waals surface area contributed by atoms with Gasteiger partial charge in [0.2, 0.25) is 5.95 Å². The molecule has 0 aliphatic carbocycles. The number of benzene rings is 2. The Morgan fingerprint density at radius 2 is 2.08 bits per heavy atom. The lowest BCUT2D eigenvalue weighted by Gasteiger charge is -2.20.